The highest BCUT2D eigenvalue weighted by Gasteiger charge is 2.14. The zero-order chi connectivity index (χ0) is 17.5. The van der Waals surface area contributed by atoms with Crippen molar-refractivity contribution in [1.29, 1.82) is 0 Å². The number of amides is 1. The summed E-state index contributed by atoms with van der Waals surface area (Å²) in [6.45, 7) is 0.736. The van der Waals surface area contributed by atoms with E-state index in [0.717, 1.165) is 4.47 Å². The van der Waals surface area contributed by atoms with Crippen molar-refractivity contribution in [3.05, 3.63) is 58.1 Å². The molecule has 0 saturated heterocycles. The van der Waals surface area contributed by atoms with Gasteiger partial charge in [0.2, 0.25) is 0 Å². The Bertz CT molecular complexity index is 730. The SMILES string of the molecule is COCCOc1ccc(Br)cc1C(=O)Nc1ccc(C(=O)O)cc1. The standard InChI is InChI=1S/C17H16BrNO5/c1-23-8-9-24-15-7-4-12(18)10-14(15)16(20)19-13-5-2-11(3-6-13)17(21)22/h2-7,10H,8-9H2,1H3,(H,19,20)(H,21,22). The number of hydrogen-bond donors (Lipinski definition) is 2. The number of halogens is 1. The molecule has 0 aromatic heterocycles. The smallest absolute Gasteiger partial charge is 0.335 e. The highest BCUT2D eigenvalue weighted by Crippen LogP contribution is 2.24. The summed E-state index contributed by atoms with van der Waals surface area (Å²) >= 11 is 3.33. The van der Waals surface area contributed by atoms with Gasteiger partial charge in [-0.15, -0.1) is 0 Å². The minimum atomic E-state index is -1.02. The van der Waals surface area contributed by atoms with Crippen LogP contribution in [-0.4, -0.2) is 37.3 Å². The molecule has 0 spiro atoms. The van der Waals surface area contributed by atoms with E-state index in [-0.39, 0.29) is 11.5 Å². The third-order valence-corrected chi connectivity index (χ3v) is 3.61. The third kappa shape index (κ3) is 4.81. The predicted molar refractivity (Wildman–Crippen MR) is 92.9 cm³/mol. The monoisotopic (exact) mass is 393 g/mol. The molecule has 2 N–H and O–H groups in total. The Morgan fingerprint density at radius 2 is 1.83 bits per heavy atom. The highest BCUT2D eigenvalue weighted by molar-refractivity contribution is 9.10. The van der Waals surface area contributed by atoms with Gasteiger partial charge in [-0.05, 0) is 42.5 Å². The van der Waals surface area contributed by atoms with E-state index in [1.165, 1.54) is 24.3 Å². The molecule has 1 amide bonds. The topological polar surface area (TPSA) is 84.9 Å². The van der Waals surface area contributed by atoms with Crippen molar-refractivity contribution in [2.45, 2.75) is 0 Å². The molecule has 7 heteroatoms. The Morgan fingerprint density at radius 3 is 2.46 bits per heavy atom. The molecule has 126 valence electrons. The van der Waals surface area contributed by atoms with Gasteiger partial charge in [-0.1, -0.05) is 15.9 Å². The fraction of sp³-hybridized carbons (Fsp3) is 0.176. The number of carboxylic acid groups (broad SMARTS) is 1. The summed E-state index contributed by atoms with van der Waals surface area (Å²) in [7, 11) is 1.57. The molecule has 2 aromatic rings. The van der Waals surface area contributed by atoms with Gasteiger partial charge in [0.1, 0.15) is 12.4 Å². The van der Waals surface area contributed by atoms with Gasteiger partial charge in [0, 0.05) is 17.3 Å². The number of nitrogens with one attached hydrogen (secondary N) is 1. The molecule has 2 rings (SSSR count). The first-order valence-corrected chi connectivity index (χ1v) is 7.86. The number of carboxylic acids is 1. The highest BCUT2D eigenvalue weighted by atomic mass is 79.9. The van der Waals surface area contributed by atoms with Gasteiger partial charge in [0.25, 0.3) is 5.91 Å². The lowest BCUT2D eigenvalue weighted by Crippen LogP contribution is -2.15. The molecule has 2 aromatic carbocycles. The number of anilines is 1. The Hall–Kier alpha value is -2.38. The fourth-order valence-corrected chi connectivity index (χ4v) is 2.30. The second-order valence-electron chi connectivity index (χ2n) is 4.82. The second kappa shape index (κ2) is 8.47. The summed E-state index contributed by atoms with van der Waals surface area (Å²) in [5, 5.41) is 11.6. The van der Waals surface area contributed by atoms with E-state index < -0.39 is 5.97 Å². The molecule has 0 atom stereocenters. The van der Waals surface area contributed by atoms with Gasteiger partial charge in [-0.3, -0.25) is 4.79 Å². The van der Waals surface area contributed by atoms with Crippen LogP contribution in [0.5, 0.6) is 5.75 Å². The van der Waals surface area contributed by atoms with Crippen LogP contribution >= 0.6 is 15.9 Å². The van der Waals surface area contributed by atoms with Gasteiger partial charge in [-0.25, -0.2) is 4.79 Å². The Balaban J connectivity index is 2.15. The van der Waals surface area contributed by atoms with E-state index in [1.807, 2.05) is 0 Å². The summed E-state index contributed by atoms with van der Waals surface area (Å²) < 4.78 is 11.2. The summed E-state index contributed by atoms with van der Waals surface area (Å²) in [6, 6.07) is 11.0. The van der Waals surface area contributed by atoms with Crippen LogP contribution in [0.3, 0.4) is 0 Å². The molecule has 0 heterocycles. The van der Waals surface area contributed by atoms with Crippen molar-refractivity contribution in [3.8, 4) is 5.75 Å². The first-order valence-electron chi connectivity index (χ1n) is 7.07. The van der Waals surface area contributed by atoms with Crippen LogP contribution in [0.1, 0.15) is 20.7 Å². The van der Waals surface area contributed by atoms with Gasteiger partial charge in [-0.2, -0.15) is 0 Å². The molecule has 0 saturated carbocycles. The zero-order valence-corrected chi connectivity index (χ0v) is 14.5. The normalized spacial score (nSPS) is 10.2. The van der Waals surface area contributed by atoms with Crippen molar-refractivity contribution >= 4 is 33.5 Å². The van der Waals surface area contributed by atoms with Crippen LogP contribution in [0.4, 0.5) is 5.69 Å². The van der Waals surface area contributed by atoms with Gasteiger partial charge in [0.05, 0.1) is 17.7 Å². The van der Waals surface area contributed by atoms with E-state index in [1.54, 1.807) is 25.3 Å². The molecule has 24 heavy (non-hydrogen) atoms. The summed E-state index contributed by atoms with van der Waals surface area (Å²) in [4.78, 5) is 23.3. The molecule has 0 fully saturated rings. The van der Waals surface area contributed by atoms with Crippen LogP contribution in [0, 0.1) is 0 Å². The molecular formula is C17H16BrNO5. The summed E-state index contributed by atoms with van der Waals surface area (Å²) in [5.74, 6) is -0.935. The van der Waals surface area contributed by atoms with E-state index in [4.69, 9.17) is 14.6 Å². The number of rotatable bonds is 7. The number of aromatic carboxylic acids is 1. The number of carbonyl (C=O) groups excluding carboxylic acids is 1. The maximum absolute atomic E-state index is 12.5. The van der Waals surface area contributed by atoms with Crippen molar-refractivity contribution in [1.82, 2.24) is 0 Å². The van der Waals surface area contributed by atoms with E-state index >= 15 is 0 Å². The van der Waals surface area contributed by atoms with Crippen molar-refractivity contribution in [2.75, 3.05) is 25.6 Å². The second-order valence-corrected chi connectivity index (χ2v) is 5.73. The summed E-state index contributed by atoms with van der Waals surface area (Å²) in [5.41, 5.74) is 1.01. The number of methoxy groups -OCH3 is 1. The zero-order valence-electron chi connectivity index (χ0n) is 12.9. The van der Waals surface area contributed by atoms with Gasteiger partial charge >= 0.3 is 5.97 Å². The average Bonchev–Trinajstić information content (AvgIpc) is 2.56. The number of benzene rings is 2. The number of ether oxygens (including phenoxy) is 2. The average molecular weight is 394 g/mol. The Morgan fingerprint density at radius 1 is 1.12 bits per heavy atom. The number of hydrogen-bond acceptors (Lipinski definition) is 4. The van der Waals surface area contributed by atoms with Gasteiger partial charge < -0.3 is 19.9 Å². The van der Waals surface area contributed by atoms with E-state index in [9.17, 15) is 9.59 Å². The lowest BCUT2D eigenvalue weighted by molar-refractivity contribution is 0.0696. The predicted octanol–water partition coefficient (Wildman–Crippen LogP) is 3.42. The minimum Gasteiger partial charge on any atom is -0.490 e. The van der Waals surface area contributed by atoms with E-state index in [0.29, 0.717) is 30.2 Å². The lowest BCUT2D eigenvalue weighted by atomic mass is 10.1. The van der Waals surface area contributed by atoms with Gasteiger partial charge in [0.15, 0.2) is 0 Å². The Kier molecular flexibility index (Phi) is 6.34. The first kappa shape index (κ1) is 18.0. The maximum Gasteiger partial charge on any atom is 0.335 e. The van der Waals surface area contributed by atoms with E-state index in [2.05, 4.69) is 21.2 Å². The van der Waals surface area contributed by atoms with Crippen LogP contribution < -0.4 is 10.1 Å². The van der Waals surface area contributed by atoms with Crippen molar-refractivity contribution in [3.63, 3.8) is 0 Å². The summed E-state index contributed by atoms with van der Waals surface area (Å²) in [6.07, 6.45) is 0. The van der Waals surface area contributed by atoms with Crippen LogP contribution in [-0.2, 0) is 4.74 Å². The quantitative estimate of drug-likeness (QED) is 0.703. The maximum atomic E-state index is 12.5. The molecule has 0 aliphatic rings. The molecule has 0 bridgehead atoms. The molecular weight excluding hydrogens is 378 g/mol. The largest absolute Gasteiger partial charge is 0.490 e. The molecule has 0 unspecified atom stereocenters. The number of carbonyl (C=O) groups is 2. The van der Waals surface area contributed by atoms with Crippen LogP contribution in [0.2, 0.25) is 0 Å². The Labute approximate surface area is 147 Å². The van der Waals surface area contributed by atoms with Crippen molar-refractivity contribution < 1.29 is 24.2 Å². The third-order valence-electron chi connectivity index (χ3n) is 3.12. The first-order chi connectivity index (χ1) is 11.5. The lowest BCUT2D eigenvalue weighted by Gasteiger charge is -2.12. The molecule has 0 aliphatic heterocycles. The molecule has 0 radical (unpaired) electrons. The fourth-order valence-electron chi connectivity index (χ4n) is 1.94. The molecule has 6 nitrogen and oxygen atoms in total. The molecule has 0 aliphatic carbocycles. The minimum absolute atomic E-state index is 0.152. The van der Waals surface area contributed by atoms with Crippen LogP contribution in [0.15, 0.2) is 46.9 Å². The van der Waals surface area contributed by atoms with Crippen LogP contribution in [0.25, 0.3) is 0 Å². The van der Waals surface area contributed by atoms with Crippen molar-refractivity contribution in [2.24, 2.45) is 0 Å².